The molecular weight excluding hydrogens is 126 g/mol. The summed E-state index contributed by atoms with van der Waals surface area (Å²) in [6, 6.07) is 1.51. The van der Waals surface area contributed by atoms with Crippen LogP contribution in [0.4, 0.5) is 0 Å². The minimum Gasteiger partial charge on any atom is -0.330 e. The molecule has 0 aromatic carbocycles. The van der Waals surface area contributed by atoms with Gasteiger partial charge >= 0.3 is 0 Å². The van der Waals surface area contributed by atoms with Crippen LogP contribution in [0.15, 0.2) is 0 Å². The molecule has 9 heavy (non-hydrogen) atoms. The average molecular weight is 143 g/mol. The molecule has 1 atom stereocenters. The number of hydrogen-bond donors (Lipinski definition) is 1. The van der Waals surface area contributed by atoms with E-state index in [-0.39, 0.29) is 0 Å². The Labute approximate surface area is 58.6 Å². The van der Waals surface area contributed by atoms with Crippen molar-refractivity contribution in [2.45, 2.75) is 37.5 Å². The zero-order valence-corrected chi connectivity index (χ0v) is 7.48. The van der Waals surface area contributed by atoms with Gasteiger partial charge in [-0.1, -0.05) is 32.0 Å². The van der Waals surface area contributed by atoms with Crippen LogP contribution in [-0.2, 0) is 0 Å². The molecule has 1 aliphatic rings. The average Bonchev–Trinajstić information content (AvgIpc) is 2.08. The lowest BCUT2D eigenvalue weighted by molar-refractivity contribution is 0.762. The number of nitrogens with two attached hydrogens (primary N) is 1. The standard InChI is InChI=1S/C7H17NSi/c1-9(2)5-3-4-7(9)6-8/h7H,3-6,8H2,1-2H3. The lowest BCUT2D eigenvalue weighted by Gasteiger charge is -2.22. The molecule has 1 saturated heterocycles. The van der Waals surface area contributed by atoms with Gasteiger partial charge in [-0.2, -0.15) is 0 Å². The van der Waals surface area contributed by atoms with E-state index in [9.17, 15) is 0 Å². The minimum absolute atomic E-state index is 0.795. The fourth-order valence-electron chi connectivity index (χ4n) is 1.84. The Hall–Kier alpha value is 0.177. The molecule has 2 N–H and O–H groups in total. The van der Waals surface area contributed by atoms with Crippen molar-refractivity contribution in [1.29, 1.82) is 0 Å². The molecule has 0 aromatic rings. The van der Waals surface area contributed by atoms with Crippen LogP contribution in [0, 0.1) is 0 Å². The molecule has 0 saturated carbocycles. The van der Waals surface area contributed by atoms with E-state index in [1.54, 1.807) is 0 Å². The first kappa shape index (κ1) is 7.29. The first-order valence-electron chi connectivity index (χ1n) is 3.87. The third-order valence-corrected chi connectivity index (χ3v) is 7.14. The van der Waals surface area contributed by atoms with Gasteiger partial charge in [0.2, 0.25) is 0 Å². The van der Waals surface area contributed by atoms with Crippen LogP contribution in [-0.4, -0.2) is 14.6 Å². The van der Waals surface area contributed by atoms with E-state index in [2.05, 4.69) is 13.1 Å². The molecule has 0 bridgehead atoms. The van der Waals surface area contributed by atoms with Crippen molar-refractivity contribution in [1.82, 2.24) is 0 Å². The number of hydrogen-bond acceptors (Lipinski definition) is 1. The molecule has 0 aliphatic carbocycles. The monoisotopic (exact) mass is 143 g/mol. The summed E-state index contributed by atoms with van der Waals surface area (Å²) < 4.78 is 0. The molecule has 1 rings (SSSR count). The molecule has 54 valence electrons. The normalized spacial score (nSPS) is 33.0. The SMILES string of the molecule is C[Si]1(C)CCCC1CN. The molecule has 1 nitrogen and oxygen atoms in total. The maximum Gasteiger partial charge on any atom is 0.0517 e. The van der Waals surface area contributed by atoms with E-state index in [0.717, 1.165) is 12.1 Å². The molecule has 1 fully saturated rings. The van der Waals surface area contributed by atoms with Gasteiger partial charge in [-0.25, -0.2) is 0 Å². The van der Waals surface area contributed by atoms with Gasteiger partial charge in [0.05, 0.1) is 8.07 Å². The predicted octanol–water partition coefficient (Wildman–Crippen LogP) is 1.82. The molecule has 1 unspecified atom stereocenters. The van der Waals surface area contributed by atoms with Crippen molar-refractivity contribution >= 4 is 8.07 Å². The Kier molecular flexibility index (Phi) is 1.96. The fraction of sp³-hybridized carbons (Fsp3) is 1.00. The van der Waals surface area contributed by atoms with E-state index in [0.29, 0.717) is 0 Å². The Morgan fingerprint density at radius 2 is 2.22 bits per heavy atom. The van der Waals surface area contributed by atoms with Gasteiger partial charge in [0.15, 0.2) is 0 Å². The lowest BCUT2D eigenvalue weighted by Crippen LogP contribution is -2.31. The van der Waals surface area contributed by atoms with Crippen LogP contribution in [0.25, 0.3) is 0 Å². The Morgan fingerprint density at radius 1 is 1.56 bits per heavy atom. The van der Waals surface area contributed by atoms with Crippen molar-refractivity contribution in [3.8, 4) is 0 Å². The Morgan fingerprint density at radius 3 is 2.44 bits per heavy atom. The van der Waals surface area contributed by atoms with Crippen molar-refractivity contribution in [2.75, 3.05) is 6.54 Å². The summed E-state index contributed by atoms with van der Waals surface area (Å²) in [5, 5.41) is 0. The van der Waals surface area contributed by atoms with Crippen molar-refractivity contribution in [2.24, 2.45) is 5.73 Å². The first-order chi connectivity index (χ1) is 4.17. The molecule has 0 radical (unpaired) electrons. The summed E-state index contributed by atoms with van der Waals surface area (Å²) in [6.07, 6.45) is 2.86. The zero-order chi connectivity index (χ0) is 6.91. The third kappa shape index (κ3) is 1.35. The summed E-state index contributed by atoms with van der Waals surface area (Å²) in [6.45, 7) is 5.88. The summed E-state index contributed by atoms with van der Waals surface area (Å²) in [4.78, 5) is 0. The van der Waals surface area contributed by atoms with Gasteiger partial charge in [-0.3, -0.25) is 0 Å². The highest BCUT2D eigenvalue weighted by Gasteiger charge is 2.34. The van der Waals surface area contributed by atoms with E-state index in [4.69, 9.17) is 5.73 Å². The second kappa shape index (κ2) is 2.43. The largest absolute Gasteiger partial charge is 0.330 e. The molecule has 0 amide bonds. The molecular formula is C7H17NSi. The minimum atomic E-state index is -0.795. The molecule has 0 aromatic heterocycles. The van der Waals surface area contributed by atoms with Crippen molar-refractivity contribution in [3.63, 3.8) is 0 Å². The molecule has 1 heterocycles. The lowest BCUT2D eigenvalue weighted by atomic mass is 10.2. The van der Waals surface area contributed by atoms with Crippen LogP contribution in [0.3, 0.4) is 0 Å². The van der Waals surface area contributed by atoms with Gasteiger partial charge in [0, 0.05) is 0 Å². The second-order valence-corrected chi connectivity index (χ2v) is 9.11. The molecule has 1 aliphatic heterocycles. The van der Waals surface area contributed by atoms with Crippen LogP contribution in [0.2, 0.25) is 24.7 Å². The van der Waals surface area contributed by atoms with Gasteiger partial charge in [-0.15, -0.1) is 0 Å². The predicted molar refractivity (Wildman–Crippen MR) is 44.3 cm³/mol. The quantitative estimate of drug-likeness (QED) is 0.557. The van der Waals surface area contributed by atoms with E-state index >= 15 is 0 Å². The van der Waals surface area contributed by atoms with Crippen LogP contribution in [0.5, 0.6) is 0 Å². The molecule has 0 spiro atoms. The van der Waals surface area contributed by atoms with Crippen LogP contribution < -0.4 is 5.73 Å². The topological polar surface area (TPSA) is 26.0 Å². The molecule has 2 heteroatoms. The Bertz CT molecular complexity index is 101. The fourth-order valence-corrected chi connectivity index (χ4v) is 4.98. The van der Waals surface area contributed by atoms with Gasteiger partial charge < -0.3 is 5.73 Å². The number of rotatable bonds is 1. The summed E-state index contributed by atoms with van der Waals surface area (Å²) >= 11 is 0. The zero-order valence-electron chi connectivity index (χ0n) is 6.48. The van der Waals surface area contributed by atoms with E-state index in [1.807, 2.05) is 0 Å². The van der Waals surface area contributed by atoms with Crippen LogP contribution in [0.1, 0.15) is 12.8 Å². The van der Waals surface area contributed by atoms with E-state index in [1.165, 1.54) is 18.9 Å². The van der Waals surface area contributed by atoms with Gasteiger partial charge in [0.1, 0.15) is 0 Å². The summed E-state index contributed by atoms with van der Waals surface area (Å²) in [5.41, 5.74) is 6.57. The van der Waals surface area contributed by atoms with Crippen molar-refractivity contribution in [3.05, 3.63) is 0 Å². The van der Waals surface area contributed by atoms with Crippen molar-refractivity contribution < 1.29 is 0 Å². The highest BCUT2D eigenvalue weighted by atomic mass is 28.3. The Balaban J connectivity index is 2.52. The highest BCUT2D eigenvalue weighted by molar-refractivity contribution is 6.79. The smallest absolute Gasteiger partial charge is 0.0517 e. The summed E-state index contributed by atoms with van der Waals surface area (Å²) in [7, 11) is -0.795. The first-order valence-corrected chi connectivity index (χ1v) is 7.15. The maximum atomic E-state index is 5.64. The summed E-state index contributed by atoms with van der Waals surface area (Å²) in [5.74, 6) is 0. The second-order valence-electron chi connectivity index (χ2n) is 3.81. The van der Waals surface area contributed by atoms with Crippen LogP contribution >= 0.6 is 0 Å². The maximum absolute atomic E-state index is 5.64. The van der Waals surface area contributed by atoms with Gasteiger partial charge in [-0.05, 0) is 12.1 Å². The van der Waals surface area contributed by atoms with Gasteiger partial charge in [0.25, 0.3) is 0 Å². The highest BCUT2D eigenvalue weighted by Crippen LogP contribution is 2.38. The third-order valence-electron chi connectivity index (χ3n) is 2.76. The van der Waals surface area contributed by atoms with E-state index < -0.39 is 8.07 Å².